The molecule has 2 aromatic rings. The molecule has 0 radical (unpaired) electrons. The number of halogens is 1. The van der Waals surface area contributed by atoms with E-state index in [0.717, 1.165) is 30.7 Å². The van der Waals surface area contributed by atoms with E-state index < -0.39 is 0 Å². The number of aryl methyl sites for hydroxylation is 1. The van der Waals surface area contributed by atoms with Gasteiger partial charge in [0.15, 0.2) is 11.6 Å². The van der Waals surface area contributed by atoms with Crippen LogP contribution < -0.4 is 4.74 Å². The topological polar surface area (TPSA) is 33.0 Å². The number of benzene rings is 2. The molecule has 0 unspecified atom stereocenters. The Morgan fingerprint density at radius 3 is 2.23 bits per heavy atom. The fraction of sp³-hybridized carbons (Fsp3) is 0.594. The van der Waals surface area contributed by atoms with E-state index in [-0.39, 0.29) is 11.6 Å². The number of hydrogen-bond acceptors (Lipinski definition) is 2. The van der Waals surface area contributed by atoms with Gasteiger partial charge in [-0.1, -0.05) is 89.5 Å². The van der Waals surface area contributed by atoms with Gasteiger partial charge in [-0.05, 0) is 67.6 Å². The minimum absolute atomic E-state index is 0.255. The Morgan fingerprint density at radius 2 is 1.57 bits per heavy atom. The van der Waals surface area contributed by atoms with Crippen LogP contribution in [0.3, 0.4) is 0 Å². The summed E-state index contributed by atoms with van der Waals surface area (Å²) in [6.07, 6.45) is 16.9. The lowest BCUT2D eigenvalue weighted by Gasteiger charge is -2.29. The molecule has 0 saturated heterocycles. The zero-order chi connectivity index (χ0) is 25.0. The van der Waals surface area contributed by atoms with Crippen LogP contribution in [0.5, 0.6) is 5.75 Å². The molecule has 1 aliphatic carbocycles. The van der Waals surface area contributed by atoms with Gasteiger partial charge in [-0.15, -0.1) is 0 Å². The first-order valence-electron chi connectivity index (χ1n) is 14.0. The summed E-state index contributed by atoms with van der Waals surface area (Å²) < 4.78 is 20.8. The number of unbranched alkanes of at least 4 members (excludes halogenated alkanes) is 6. The molecule has 3 heteroatoms. The third-order valence-corrected chi connectivity index (χ3v) is 7.92. The average molecular weight is 478 g/mol. The molecule has 0 aliphatic heterocycles. The van der Waals surface area contributed by atoms with Gasteiger partial charge < -0.3 is 4.74 Å². The van der Waals surface area contributed by atoms with Crippen molar-refractivity contribution in [3.05, 3.63) is 52.8 Å². The largest absolute Gasteiger partial charge is 0.493 e. The number of nitrogens with zero attached hydrogens (tertiary/aromatic N) is 1. The van der Waals surface area contributed by atoms with Crippen LogP contribution in [0, 0.1) is 23.1 Å². The number of ether oxygens (including phenoxy) is 1. The highest BCUT2D eigenvalue weighted by molar-refractivity contribution is 5.77. The van der Waals surface area contributed by atoms with Crippen LogP contribution >= 0.6 is 0 Å². The quantitative estimate of drug-likeness (QED) is 0.269. The SMILES string of the molecule is CCCCCCc1ccc(-c2ccc(C3CCC(CCCCCC)CC3)cc2C#N)c(OC)c1F. The minimum Gasteiger partial charge on any atom is -0.493 e. The van der Waals surface area contributed by atoms with E-state index in [1.54, 1.807) is 0 Å². The van der Waals surface area contributed by atoms with E-state index >= 15 is 4.39 Å². The summed E-state index contributed by atoms with van der Waals surface area (Å²) in [7, 11) is 1.52. The van der Waals surface area contributed by atoms with E-state index in [2.05, 4.69) is 26.0 Å². The van der Waals surface area contributed by atoms with Crippen molar-refractivity contribution in [3.8, 4) is 22.9 Å². The van der Waals surface area contributed by atoms with Gasteiger partial charge in [0.2, 0.25) is 0 Å². The molecular formula is C32H44FNO. The van der Waals surface area contributed by atoms with E-state index in [1.165, 1.54) is 76.9 Å². The van der Waals surface area contributed by atoms with Crippen LogP contribution in [0.25, 0.3) is 11.1 Å². The highest BCUT2D eigenvalue weighted by Gasteiger charge is 2.24. The molecule has 0 aromatic heterocycles. The molecular weight excluding hydrogens is 433 g/mol. The first-order valence-corrected chi connectivity index (χ1v) is 14.0. The summed E-state index contributed by atoms with van der Waals surface area (Å²) >= 11 is 0. The second-order valence-electron chi connectivity index (χ2n) is 10.4. The molecule has 190 valence electrons. The smallest absolute Gasteiger partial charge is 0.168 e. The van der Waals surface area contributed by atoms with Gasteiger partial charge in [0.05, 0.1) is 18.7 Å². The standard InChI is InChI=1S/C32H44FNO/c1-4-6-8-10-12-24-14-16-25(17-15-24)27-19-20-29(28(22-27)23-34)30-21-18-26(13-11-9-7-5-2)31(33)32(30)35-3/h18-22,24-25H,4-17H2,1-3H3. The van der Waals surface area contributed by atoms with Crippen molar-refractivity contribution < 1.29 is 9.13 Å². The molecule has 2 nitrogen and oxygen atoms in total. The van der Waals surface area contributed by atoms with Gasteiger partial charge in [-0.2, -0.15) is 5.26 Å². The summed E-state index contributed by atoms with van der Waals surface area (Å²) in [6, 6.07) is 12.4. The number of hydrogen-bond donors (Lipinski definition) is 0. The lowest BCUT2D eigenvalue weighted by Crippen LogP contribution is -2.13. The van der Waals surface area contributed by atoms with Gasteiger partial charge in [-0.3, -0.25) is 0 Å². The van der Waals surface area contributed by atoms with Gasteiger partial charge in [0.25, 0.3) is 0 Å². The highest BCUT2D eigenvalue weighted by atomic mass is 19.1. The minimum atomic E-state index is -0.285. The summed E-state index contributed by atoms with van der Waals surface area (Å²) in [4.78, 5) is 0. The van der Waals surface area contributed by atoms with Crippen molar-refractivity contribution in [1.82, 2.24) is 0 Å². The molecule has 0 atom stereocenters. The maximum absolute atomic E-state index is 15.3. The molecule has 0 spiro atoms. The first kappa shape index (κ1) is 27.3. The third-order valence-electron chi connectivity index (χ3n) is 7.92. The molecule has 1 saturated carbocycles. The summed E-state index contributed by atoms with van der Waals surface area (Å²) in [5.41, 5.74) is 3.98. The Balaban J connectivity index is 1.72. The molecule has 2 aromatic carbocycles. The van der Waals surface area contributed by atoms with Crippen LogP contribution in [-0.2, 0) is 6.42 Å². The van der Waals surface area contributed by atoms with Crippen LogP contribution in [0.1, 0.15) is 120 Å². The number of nitriles is 1. The van der Waals surface area contributed by atoms with Crippen LogP contribution in [0.15, 0.2) is 30.3 Å². The number of methoxy groups -OCH3 is 1. The van der Waals surface area contributed by atoms with Crippen LogP contribution in [0.4, 0.5) is 4.39 Å². The van der Waals surface area contributed by atoms with E-state index in [9.17, 15) is 5.26 Å². The molecule has 1 aliphatic rings. The maximum atomic E-state index is 15.3. The summed E-state index contributed by atoms with van der Waals surface area (Å²) in [6.45, 7) is 4.44. The molecule has 35 heavy (non-hydrogen) atoms. The Kier molecular flexibility index (Phi) is 11.1. The van der Waals surface area contributed by atoms with Crippen LogP contribution in [-0.4, -0.2) is 7.11 Å². The Bertz CT molecular complexity index is 968. The van der Waals surface area contributed by atoms with E-state index in [0.29, 0.717) is 29.0 Å². The second-order valence-corrected chi connectivity index (χ2v) is 10.4. The summed E-state index contributed by atoms with van der Waals surface area (Å²) in [5.74, 6) is 1.36. The molecule has 1 fully saturated rings. The molecule has 3 rings (SSSR count). The van der Waals surface area contributed by atoms with Crippen molar-refractivity contribution in [1.29, 1.82) is 5.26 Å². The number of rotatable bonds is 13. The fourth-order valence-corrected chi connectivity index (χ4v) is 5.73. The lowest BCUT2D eigenvalue weighted by atomic mass is 9.76. The molecule has 0 N–H and O–H groups in total. The average Bonchev–Trinajstić information content (AvgIpc) is 2.89. The second kappa shape index (κ2) is 14.3. The molecule has 0 bridgehead atoms. The predicted molar refractivity (Wildman–Crippen MR) is 144 cm³/mol. The van der Waals surface area contributed by atoms with Crippen molar-refractivity contribution >= 4 is 0 Å². The van der Waals surface area contributed by atoms with E-state index in [1.807, 2.05) is 24.3 Å². The molecule has 0 amide bonds. The van der Waals surface area contributed by atoms with Crippen LogP contribution in [0.2, 0.25) is 0 Å². The Labute approximate surface area is 212 Å². The zero-order valence-electron chi connectivity index (χ0n) is 22.2. The third kappa shape index (κ3) is 7.33. The van der Waals surface area contributed by atoms with Crippen molar-refractivity contribution in [3.63, 3.8) is 0 Å². The maximum Gasteiger partial charge on any atom is 0.168 e. The van der Waals surface area contributed by atoms with Crippen molar-refractivity contribution in [2.75, 3.05) is 7.11 Å². The van der Waals surface area contributed by atoms with Gasteiger partial charge in [0, 0.05) is 11.1 Å². The summed E-state index contributed by atoms with van der Waals surface area (Å²) in [5, 5.41) is 9.95. The van der Waals surface area contributed by atoms with Gasteiger partial charge in [-0.25, -0.2) is 4.39 Å². The first-order chi connectivity index (χ1) is 17.1. The van der Waals surface area contributed by atoms with Gasteiger partial charge in [0.1, 0.15) is 0 Å². The van der Waals surface area contributed by atoms with Crippen molar-refractivity contribution in [2.24, 2.45) is 5.92 Å². The zero-order valence-corrected chi connectivity index (χ0v) is 22.2. The molecule has 0 heterocycles. The monoisotopic (exact) mass is 477 g/mol. The Hall–Kier alpha value is -2.34. The highest BCUT2D eigenvalue weighted by Crippen LogP contribution is 2.41. The van der Waals surface area contributed by atoms with Gasteiger partial charge >= 0.3 is 0 Å². The predicted octanol–water partition coefficient (Wildman–Crippen LogP) is 9.74. The fourth-order valence-electron chi connectivity index (χ4n) is 5.73. The lowest BCUT2D eigenvalue weighted by molar-refractivity contribution is 0.302. The van der Waals surface area contributed by atoms with Crippen molar-refractivity contribution in [2.45, 2.75) is 110 Å². The Morgan fingerprint density at radius 1 is 0.886 bits per heavy atom. The normalized spacial score (nSPS) is 17.8. The van der Waals surface area contributed by atoms with E-state index in [4.69, 9.17) is 4.74 Å².